The number of carbonyl (C=O) groups excluding carboxylic acids is 2. The Balaban J connectivity index is 3.04. The van der Waals surface area contributed by atoms with Gasteiger partial charge >= 0.3 is 12.1 Å². The first-order chi connectivity index (χ1) is 9.27. The van der Waals surface area contributed by atoms with E-state index >= 15 is 0 Å². The van der Waals surface area contributed by atoms with E-state index < -0.39 is 15.9 Å². The first-order valence-electron chi connectivity index (χ1n) is 4.97. The molecule has 0 aromatic carbocycles. The third kappa shape index (κ3) is 4.59. The molecule has 1 amide bonds. The van der Waals surface area contributed by atoms with Gasteiger partial charge in [-0.2, -0.15) is 4.99 Å². The van der Waals surface area contributed by atoms with Crippen molar-refractivity contribution in [2.45, 2.75) is 3.79 Å². The van der Waals surface area contributed by atoms with Crippen LogP contribution < -0.4 is 5.32 Å². The summed E-state index contributed by atoms with van der Waals surface area (Å²) in [5.41, 5.74) is 0. The lowest BCUT2D eigenvalue weighted by Gasteiger charge is -2.14. The largest absolute Gasteiger partial charge is 0.463 e. The van der Waals surface area contributed by atoms with Crippen LogP contribution in [-0.4, -0.2) is 35.9 Å². The van der Waals surface area contributed by atoms with E-state index in [2.05, 4.69) is 19.8 Å². The molecule has 0 unspecified atom stereocenters. The fraction of sp³-hybridized carbons (Fsp3) is 0.300. The van der Waals surface area contributed by atoms with Gasteiger partial charge in [0.25, 0.3) is 0 Å². The Hall–Kier alpha value is -1.44. The monoisotopic (exact) mass is 342 g/mol. The van der Waals surface area contributed by atoms with Gasteiger partial charge in [-0.05, 0) is 6.07 Å². The Bertz CT molecular complexity index is 535. The summed E-state index contributed by atoms with van der Waals surface area (Å²) in [6.07, 6.45) is -0.880. The summed E-state index contributed by atoms with van der Waals surface area (Å²) in [6.45, 7) is 0. The zero-order valence-corrected chi connectivity index (χ0v) is 12.5. The van der Waals surface area contributed by atoms with Gasteiger partial charge in [-0.25, -0.2) is 9.59 Å². The standard InChI is InChI=1S/C10H9Cl3N2O5/c1-18-7(16)5-3-4-6(20-5)14-8(10(11,12)13)15-9(17)19-2/h3-4H,1-2H3,(H,14,15,17). The first-order valence-corrected chi connectivity index (χ1v) is 6.10. The van der Waals surface area contributed by atoms with Crippen LogP contribution in [-0.2, 0) is 9.47 Å². The van der Waals surface area contributed by atoms with E-state index in [1.165, 1.54) is 19.2 Å². The zero-order valence-electron chi connectivity index (χ0n) is 10.3. The number of amides is 1. The molecule has 110 valence electrons. The van der Waals surface area contributed by atoms with Crippen LogP contribution in [0.25, 0.3) is 0 Å². The predicted octanol–water partition coefficient (Wildman–Crippen LogP) is 2.82. The Morgan fingerprint density at radius 3 is 2.40 bits per heavy atom. The molecule has 0 saturated carbocycles. The van der Waals surface area contributed by atoms with Gasteiger partial charge in [0.1, 0.15) is 0 Å². The van der Waals surface area contributed by atoms with Crippen LogP contribution >= 0.6 is 34.8 Å². The highest BCUT2D eigenvalue weighted by molar-refractivity contribution is 6.77. The van der Waals surface area contributed by atoms with Crippen LogP contribution in [0.15, 0.2) is 21.5 Å². The normalized spacial score (nSPS) is 11.9. The number of esters is 1. The fourth-order valence-electron chi connectivity index (χ4n) is 1.02. The molecule has 0 atom stereocenters. The summed E-state index contributed by atoms with van der Waals surface area (Å²) < 4.78 is 11.8. The van der Waals surface area contributed by atoms with Gasteiger partial charge in [-0.3, -0.25) is 5.32 Å². The molecule has 10 heteroatoms. The number of halogens is 3. The predicted molar refractivity (Wildman–Crippen MR) is 73.0 cm³/mol. The van der Waals surface area contributed by atoms with Crippen LogP contribution in [0.2, 0.25) is 0 Å². The van der Waals surface area contributed by atoms with Crippen LogP contribution in [0, 0.1) is 0 Å². The Morgan fingerprint density at radius 1 is 1.25 bits per heavy atom. The lowest BCUT2D eigenvalue weighted by atomic mass is 10.4. The summed E-state index contributed by atoms with van der Waals surface area (Å²) in [7, 11) is 2.33. The Morgan fingerprint density at radius 2 is 1.90 bits per heavy atom. The third-order valence-corrected chi connectivity index (χ3v) is 2.41. The minimum Gasteiger partial charge on any atom is -0.463 e. The van der Waals surface area contributed by atoms with E-state index in [1.807, 2.05) is 0 Å². The zero-order chi connectivity index (χ0) is 15.3. The van der Waals surface area contributed by atoms with Crippen LogP contribution in [0.1, 0.15) is 10.6 Å². The van der Waals surface area contributed by atoms with Crippen LogP contribution in [0.4, 0.5) is 10.7 Å². The third-order valence-electron chi connectivity index (χ3n) is 1.87. The number of nitrogens with zero attached hydrogens (tertiary/aromatic N) is 1. The van der Waals surface area contributed by atoms with Crippen molar-refractivity contribution >= 4 is 58.6 Å². The average molecular weight is 344 g/mol. The molecule has 7 nitrogen and oxygen atoms in total. The number of methoxy groups -OCH3 is 2. The van der Waals surface area contributed by atoms with E-state index in [1.54, 1.807) is 0 Å². The summed E-state index contributed by atoms with van der Waals surface area (Å²) >= 11 is 16.9. The molecule has 0 bridgehead atoms. The van der Waals surface area contributed by atoms with Crippen molar-refractivity contribution in [3.63, 3.8) is 0 Å². The highest BCUT2D eigenvalue weighted by atomic mass is 35.6. The number of alkyl carbamates (subject to hydrolysis) is 1. The number of furan rings is 1. The minimum absolute atomic E-state index is 0.0665. The number of alkyl halides is 3. The molecular weight excluding hydrogens is 334 g/mol. The Labute approximate surface area is 128 Å². The second-order valence-corrected chi connectivity index (χ2v) is 5.49. The summed E-state index contributed by atoms with van der Waals surface area (Å²) in [6, 6.07) is 2.65. The molecule has 0 fully saturated rings. The number of ether oxygens (including phenoxy) is 2. The molecule has 20 heavy (non-hydrogen) atoms. The maximum Gasteiger partial charge on any atom is 0.412 e. The van der Waals surface area contributed by atoms with Gasteiger partial charge in [0.15, 0.2) is 5.84 Å². The van der Waals surface area contributed by atoms with Crippen molar-refractivity contribution in [3.05, 3.63) is 17.9 Å². The second-order valence-electron chi connectivity index (χ2n) is 3.20. The lowest BCUT2D eigenvalue weighted by molar-refractivity contribution is 0.0566. The average Bonchev–Trinajstić information content (AvgIpc) is 2.84. The van der Waals surface area contributed by atoms with Gasteiger partial charge in [0, 0.05) is 6.07 Å². The number of aliphatic imine (C=N–C) groups is 1. The number of rotatable bonds is 2. The quantitative estimate of drug-likeness (QED) is 0.386. The molecule has 0 spiro atoms. The molecule has 1 aromatic heterocycles. The van der Waals surface area contributed by atoms with E-state index in [0.717, 1.165) is 7.11 Å². The summed E-state index contributed by atoms with van der Waals surface area (Å²) in [5.74, 6) is -1.20. The number of nitrogens with one attached hydrogen (secondary N) is 1. The van der Waals surface area contributed by atoms with Gasteiger partial charge in [0.2, 0.25) is 15.4 Å². The smallest absolute Gasteiger partial charge is 0.412 e. The molecule has 1 heterocycles. The van der Waals surface area contributed by atoms with Crippen LogP contribution in [0.3, 0.4) is 0 Å². The van der Waals surface area contributed by atoms with Crippen molar-refractivity contribution in [2.24, 2.45) is 4.99 Å². The van der Waals surface area contributed by atoms with E-state index in [4.69, 9.17) is 39.2 Å². The highest BCUT2D eigenvalue weighted by Gasteiger charge is 2.30. The number of amidine groups is 1. The molecule has 0 aliphatic rings. The number of carbonyl (C=O) groups is 2. The maximum absolute atomic E-state index is 11.2. The molecule has 1 rings (SSSR count). The molecular formula is C10H9Cl3N2O5. The van der Waals surface area contributed by atoms with Crippen molar-refractivity contribution in [3.8, 4) is 0 Å². The molecule has 0 saturated heterocycles. The van der Waals surface area contributed by atoms with Crippen molar-refractivity contribution in [2.75, 3.05) is 14.2 Å². The van der Waals surface area contributed by atoms with E-state index in [0.29, 0.717) is 0 Å². The molecule has 1 N–H and O–H groups in total. The van der Waals surface area contributed by atoms with E-state index in [-0.39, 0.29) is 17.5 Å². The van der Waals surface area contributed by atoms with Crippen molar-refractivity contribution in [1.29, 1.82) is 0 Å². The van der Waals surface area contributed by atoms with Gasteiger partial charge < -0.3 is 13.9 Å². The maximum atomic E-state index is 11.2. The Kier molecular flexibility index (Phi) is 5.67. The first kappa shape index (κ1) is 16.6. The van der Waals surface area contributed by atoms with Gasteiger partial charge in [-0.15, -0.1) is 0 Å². The van der Waals surface area contributed by atoms with E-state index in [9.17, 15) is 9.59 Å². The molecule has 1 aromatic rings. The minimum atomic E-state index is -2.02. The van der Waals surface area contributed by atoms with Gasteiger partial charge in [0.05, 0.1) is 14.2 Å². The summed E-state index contributed by atoms with van der Waals surface area (Å²) in [4.78, 5) is 26.1. The van der Waals surface area contributed by atoms with Crippen LogP contribution in [0.5, 0.6) is 0 Å². The second kappa shape index (κ2) is 6.83. The summed E-state index contributed by atoms with van der Waals surface area (Å²) in [5, 5.41) is 2.12. The van der Waals surface area contributed by atoms with Gasteiger partial charge in [-0.1, -0.05) is 34.8 Å². The SMILES string of the molecule is COC(=O)N/C(=N\c1ccc(C(=O)OC)o1)C(Cl)(Cl)Cl. The fourth-order valence-corrected chi connectivity index (χ4v) is 1.29. The topological polar surface area (TPSA) is 90.1 Å². The lowest BCUT2D eigenvalue weighted by Crippen LogP contribution is -2.38. The molecule has 0 aliphatic heterocycles. The number of hydrogen-bond acceptors (Lipinski definition) is 6. The van der Waals surface area contributed by atoms with Crippen molar-refractivity contribution in [1.82, 2.24) is 5.32 Å². The highest BCUT2D eigenvalue weighted by Crippen LogP contribution is 2.29. The molecule has 0 aliphatic carbocycles. The van der Waals surface area contributed by atoms with Crippen molar-refractivity contribution < 1.29 is 23.5 Å². The number of hydrogen-bond donors (Lipinski definition) is 1. The molecule has 0 radical (unpaired) electrons.